The molecule has 0 bridgehead atoms. The Morgan fingerprint density at radius 1 is 1.55 bits per heavy atom. The normalized spacial score (nSPS) is 10.7. The lowest BCUT2D eigenvalue weighted by Gasteiger charge is -1.98. The van der Waals surface area contributed by atoms with Crippen LogP contribution in [0.1, 0.15) is 13.8 Å². The van der Waals surface area contributed by atoms with Crippen molar-refractivity contribution < 1.29 is 0 Å². The number of nitrogens with zero attached hydrogens (tertiary/aromatic N) is 3. The molecule has 0 aromatic heterocycles. The second-order valence-corrected chi connectivity index (χ2v) is 2.29. The van der Waals surface area contributed by atoms with Gasteiger partial charge in [0.1, 0.15) is 5.84 Å². The van der Waals surface area contributed by atoms with E-state index in [-0.39, 0.29) is 0 Å². The molecule has 0 amide bonds. The van der Waals surface area contributed by atoms with E-state index in [1.165, 1.54) is 6.20 Å². The fourth-order valence-corrected chi connectivity index (χ4v) is 0.573. The molecule has 3 heteroatoms. The van der Waals surface area contributed by atoms with Crippen LogP contribution >= 0.6 is 0 Å². The van der Waals surface area contributed by atoms with Crippen molar-refractivity contribution in [3.63, 3.8) is 0 Å². The highest BCUT2D eigenvalue weighted by Gasteiger charge is 1.98. The Kier molecular flexibility index (Phi) is 4.95. The van der Waals surface area contributed by atoms with Gasteiger partial charge in [-0.05, 0) is 6.72 Å². The van der Waals surface area contributed by atoms with Crippen molar-refractivity contribution in [2.75, 3.05) is 7.05 Å². The lowest BCUT2D eigenvalue weighted by molar-refractivity contribution is 0.870. The molecule has 3 nitrogen and oxygen atoms in total. The first-order valence-corrected chi connectivity index (χ1v) is 3.42. The van der Waals surface area contributed by atoms with Crippen LogP contribution < -0.4 is 0 Å². The van der Waals surface area contributed by atoms with Crippen LogP contribution in [0.2, 0.25) is 0 Å². The van der Waals surface area contributed by atoms with E-state index in [0.717, 1.165) is 5.84 Å². The lowest BCUT2D eigenvalue weighted by Crippen LogP contribution is -2.02. The van der Waals surface area contributed by atoms with Crippen LogP contribution in [-0.2, 0) is 0 Å². The predicted octanol–water partition coefficient (Wildman–Crippen LogP) is 1.55. The highest BCUT2D eigenvalue weighted by Crippen LogP contribution is 1.96. The summed E-state index contributed by atoms with van der Waals surface area (Å²) in [4.78, 5) is 11.4. The van der Waals surface area contributed by atoms with Gasteiger partial charge in [-0.2, -0.15) is 4.99 Å². The summed E-state index contributed by atoms with van der Waals surface area (Å²) in [5.41, 5.74) is 0. The molecule has 11 heavy (non-hydrogen) atoms. The molecule has 0 atom stereocenters. The van der Waals surface area contributed by atoms with Crippen molar-refractivity contribution >= 4 is 18.4 Å². The second-order valence-electron chi connectivity index (χ2n) is 2.29. The summed E-state index contributed by atoms with van der Waals surface area (Å²) in [5, 5.41) is 0. The largest absolute Gasteiger partial charge is 0.273 e. The SMILES string of the molecule is C=NC=C=N/C(=N\C)C(C)C. The van der Waals surface area contributed by atoms with Crippen LogP contribution in [-0.4, -0.2) is 25.5 Å². The molecule has 0 fully saturated rings. The number of aliphatic imine (C=N–C) groups is 3. The van der Waals surface area contributed by atoms with E-state index in [4.69, 9.17) is 0 Å². The molecule has 0 N–H and O–H groups in total. The Morgan fingerprint density at radius 2 is 2.18 bits per heavy atom. The minimum Gasteiger partial charge on any atom is -0.273 e. The maximum atomic E-state index is 3.96. The van der Waals surface area contributed by atoms with Crippen LogP contribution in [0.15, 0.2) is 21.2 Å². The molecule has 0 aliphatic heterocycles. The van der Waals surface area contributed by atoms with E-state index in [9.17, 15) is 0 Å². The van der Waals surface area contributed by atoms with Gasteiger partial charge < -0.3 is 0 Å². The van der Waals surface area contributed by atoms with E-state index in [1.54, 1.807) is 7.05 Å². The van der Waals surface area contributed by atoms with Crippen LogP contribution in [0.4, 0.5) is 0 Å². The summed E-state index contributed by atoms with van der Waals surface area (Å²) in [6, 6.07) is 0. The Bertz CT molecular complexity index is 207. The zero-order valence-corrected chi connectivity index (χ0v) is 7.20. The molecular formula is C8H13N3. The molecule has 0 saturated heterocycles. The van der Waals surface area contributed by atoms with E-state index >= 15 is 0 Å². The quantitative estimate of drug-likeness (QED) is 0.424. The summed E-state index contributed by atoms with van der Waals surface area (Å²) >= 11 is 0. The monoisotopic (exact) mass is 151 g/mol. The maximum absolute atomic E-state index is 3.96. The minimum absolute atomic E-state index is 0.325. The zero-order valence-electron chi connectivity index (χ0n) is 7.20. The molecule has 0 aliphatic carbocycles. The fourth-order valence-electron chi connectivity index (χ4n) is 0.573. The maximum Gasteiger partial charge on any atom is 0.135 e. The van der Waals surface area contributed by atoms with Crippen molar-refractivity contribution in [1.82, 2.24) is 0 Å². The summed E-state index contributed by atoms with van der Waals surface area (Å²) in [7, 11) is 1.71. The van der Waals surface area contributed by atoms with Gasteiger partial charge in [0.15, 0.2) is 0 Å². The molecule has 0 aromatic rings. The van der Waals surface area contributed by atoms with Crippen LogP contribution in [0.3, 0.4) is 0 Å². The molecule has 0 aliphatic rings. The van der Waals surface area contributed by atoms with Crippen molar-refractivity contribution in [3.05, 3.63) is 6.20 Å². The van der Waals surface area contributed by atoms with E-state index in [0.29, 0.717) is 5.92 Å². The van der Waals surface area contributed by atoms with Crippen molar-refractivity contribution in [3.8, 4) is 0 Å². The molecule has 0 aromatic carbocycles. The highest BCUT2D eigenvalue weighted by atomic mass is 14.9. The molecule has 0 heterocycles. The third-order valence-electron chi connectivity index (χ3n) is 1.07. The first kappa shape index (κ1) is 9.79. The van der Waals surface area contributed by atoms with Gasteiger partial charge in [-0.1, -0.05) is 13.8 Å². The molecule has 0 radical (unpaired) electrons. The van der Waals surface area contributed by atoms with Gasteiger partial charge in [0.25, 0.3) is 0 Å². The average Bonchev–Trinajstić information content (AvgIpc) is 1.97. The number of hydrogen-bond donors (Lipinski definition) is 0. The summed E-state index contributed by atoms with van der Waals surface area (Å²) in [5.74, 6) is 3.70. The van der Waals surface area contributed by atoms with Crippen molar-refractivity contribution in [2.24, 2.45) is 20.9 Å². The molecule has 0 spiro atoms. The van der Waals surface area contributed by atoms with Gasteiger partial charge in [0.2, 0.25) is 0 Å². The van der Waals surface area contributed by atoms with E-state index in [2.05, 4.69) is 27.6 Å². The number of hydrogen-bond acceptors (Lipinski definition) is 2. The van der Waals surface area contributed by atoms with Crippen molar-refractivity contribution in [2.45, 2.75) is 13.8 Å². The van der Waals surface area contributed by atoms with E-state index in [1.807, 2.05) is 13.8 Å². The smallest absolute Gasteiger partial charge is 0.135 e. The standard InChI is InChI=1S/C8H13N3/c1-7(2)8(10-4)11-6-5-9-3/h5,7H,3H2,1-2,4H3/b10-8-. The van der Waals surface area contributed by atoms with Gasteiger partial charge in [0, 0.05) is 18.8 Å². The minimum atomic E-state index is 0.325. The first-order valence-electron chi connectivity index (χ1n) is 3.42. The molecule has 0 unspecified atom stereocenters. The van der Waals surface area contributed by atoms with Gasteiger partial charge in [0.05, 0.1) is 6.20 Å². The van der Waals surface area contributed by atoms with Gasteiger partial charge in [-0.15, -0.1) is 0 Å². The Balaban J connectivity index is 4.33. The van der Waals surface area contributed by atoms with E-state index < -0.39 is 0 Å². The van der Waals surface area contributed by atoms with Gasteiger partial charge in [-0.25, -0.2) is 0 Å². The average molecular weight is 151 g/mol. The van der Waals surface area contributed by atoms with Crippen LogP contribution in [0.25, 0.3) is 0 Å². The topological polar surface area (TPSA) is 37.1 Å². The predicted molar refractivity (Wildman–Crippen MR) is 49.8 cm³/mol. The first-order chi connectivity index (χ1) is 5.22. The third kappa shape index (κ3) is 4.23. The number of rotatable bonds is 2. The second kappa shape index (κ2) is 5.57. The molecule has 0 saturated carbocycles. The van der Waals surface area contributed by atoms with Gasteiger partial charge >= 0.3 is 0 Å². The Morgan fingerprint density at radius 3 is 2.55 bits per heavy atom. The Labute approximate surface area is 67.3 Å². The number of amidine groups is 1. The third-order valence-corrected chi connectivity index (χ3v) is 1.07. The lowest BCUT2D eigenvalue weighted by atomic mass is 10.2. The summed E-state index contributed by atoms with van der Waals surface area (Å²) in [6.45, 7) is 7.31. The summed E-state index contributed by atoms with van der Waals surface area (Å²) in [6.07, 6.45) is 1.41. The van der Waals surface area contributed by atoms with Crippen molar-refractivity contribution in [1.29, 1.82) is 0 Å². The molecule has 60 valence electrons. The fraction of sp³-hybridized carbons (Fsp3) is 0.500. The highest BCUT2D eigenvalue weighted by molar-refractivity contribution is 5.89. The Hall–Kier alpha value is -1.21. The molecule has 0 rings (SSSR count). The molecular weight excluding hydrogens is 138 g/mol. The summed E-state index contributed by atoms with van der Waals surface area (Å²) < 4.78 is 0. The van der Waals surface area contributed by atoms with Crippen LogP contribution in [0.5, 0.6) is 0 Å². The zero-order chi connectivity index (χ0) is 8.69. The van der Waals surface area contributed by atoms with Crippen LogP contribution in [0, 0.1) is 5.92 Å². The van der Waals surface area contributed by atoms with Gasteiger partial charge in [-0.3, -0.25) is 9.98 Å².